The van der Waals surface area contributed by atoms with Crippen LogP contribution in [0.25, 0.3) is 0 Å². The van der Waals surface area contributed by atoms with Crippen molar-refractivity contribution in [1.29, 1.82) is 0 Å². The summed E-state index contributed by atoms with van der Waals surface area (Å²) in [5.41, 5.74) is 0. The number of alkyl halides is 3. The number of rotatable bonds is 5. The molecule has 0 aromatic carbocycles. The number of nitrogens with zero attached hydrogens (tertiary/aromatic N) is 1. The quantitative estimate of drug-likeness (QED) is 0.779. The lowest BCUT2D eigenvalue weighted by Gasteiger charge is -2.22. The van der Waals surface area contributed by atoms with Gasteiger partial charge in [0.2, 0.25) is 5.91 Å². The maximum atomic E-state index is 12.1. The second kappa shape index (κ2) is 6.82. The zero-order chi connectivity index (χ0) is 14.3. The first kappa shape index (κ1) is 16.2. The minimum atomic E-state index is -4.56. The van der Waals surface area contributed by atoms with Crippen LogP contribution in [0.5, 0.6) is 0 Å². The summed E-state index contributed by atoms with van der Waals surface area (Å²) in [4.78, 5) is 32.8. The zero-order valence-electron chi connectivity index (χ0n) is 9.58. The van der Waals surface area contributed by atoms with Crippen molar-refractivity contribution in [2.24, 2.45) is 0 Å². The Hall–Kier alpha value is -1.80. The Labute approximate surface area is 101 Å². The number of urea groups is 1. The molecule has 0 saturated heterocycles. The van der Waals surface area contributed by atoms with Crippen molar-refractivity contribution in [3.8, 4) is 0 Å². The van der Waals surface area contributed by atoms with E-state index in [9.17, 15) is 27.6 Å². The van der Waals surface area contributed by atoms with Crippen LogP contribution in [0.1, 0.15) is 19.8 Å². The Balaban J connectivity index is 4.27. The van der Waals surface area contributed by atoms with E-state index in [1.54, 1.807) is 5.32 Å². The molecule has 0 aliphatic heterocycles. The number of carboxylic acids is 1. The smallest absolute Gasteiger partial charge is 0.406 e. The lowest BCUT2D eigenvalue weighted by molar-refractivity contribution is -0.140. The Bertz CT molecular complexity index is 330. The lowest BCUT2D eigenvalue weighted by atomic mass is 10.3. The number of carbonyl (C=O) groups is 3. The summed E-state index contributed by atoms with van der Waals surface area (Å²) in [6.45, 7) is -0.369. The van der Waals surface area contributed by atoms with Crippen molar-refractivity contribution < 1.29 is 32.7 Å². The fourth-order valence-electron chi connectivity index (χ4n) is 1.02. The molecular weight excluding hydrogens is 257 g/mol. The fraction of sp³-hybridized carbons (Fsp3) is 0.667. The number of carbonyl (C=O) groups excluding carboxylic acids is 2. The van der Waals surface area contributed by atoms with E-state index in [2.05, 4.69) is 0 Å². The first-order valence-corrected chi connectivity index (χ1v) is 5.03. The summed E-state index contributed by atoms with van der Waals surface area (Å²) in [6, 6.07) is -1.19. The first-order chi connectivity index (χ1) is 8.15. The first-order valence-electron chi connectivity index (χ1n) is 5.03. The summed E-state index contributed by atoms with van der Waals surface area (Å²) in [6.07, 6.45) is -5.52. The summed E-state index contributed by atoms with van der Waals surface area (Å²) in [7, 11) is 0. The number of imide groups is 1. The van der Waals surface area contributed by atoms with Crippen LogP contribution in [0, 0.1) is 0 Å². The third kappa shape index (κ3) is 7.47. The van der Waals surface area contributed by atoms with Gasteiger partial charge in [-0.05, 0) is 6.92 Å². The summed E-state index contributed by atoms with van der Waals surface area (Å²) < 4.78 is 36.2. The molecule has 0 fully saturated rings. The van der Waals surface area contributed by atoms with Crippen molar-refractivity contribution in [2.75, 3.05) is 13.1 Å². The average Bonchev–Trinajstić information content (AvgIpc) is 2.21. The Morgan fingerprint density at radius 1 is 1.22 bits per heavy atom. The van der Waals surface area contributed by atoms with Gasteiger partial charge in [-0.1, -0.05) is 0 Å². The van der Waals surface area contributed by atoms with E-state index >= 15 is 0 Å². The number of nitrogens with one attached hydrogen (secondary N) is 1. The van der Waals surface area contributed by atoms with Crippen LogP contribution in [0.4, 0.5) is 18.0 Å². The van der Waals surface area contributed by atoms with Gasteiger partial charge < -0.3 is 10.0 Å². The molecule has 0 atom stereocenters. The number of hydrogen-bond acceptors (Lipinski definition) is 3. The molecule has 0 radical (unpaired) electrons. The molecule has 0 bridgehead atoms. The van der Waals surface area contributed by atoms with Crippen molar-refractivity contribution in [2.45, 2.75) is 25.9 Å². The van der Waals surface area contributed by atoms with E-state index in [0.717, 1.165) is 0 Å². The summed E-state index contributed by atoms with van der Waals surface area (Å²) in [5.74, 6) is -2.16. The average molecular weight is 270 g/mol. The second-order valence-corrected chi connectivity index (χ2v) is 3.38. The molecule has 18 heavy (non-hydrogen) atoms. The third-order valence-corrected chi connectivity index (χ3v) is 1.85. The third-order valence-electron chi connectivity index (χ3n) is 1.85. The highest BCUT2D eigenvalue weighted by Crippen LogP contribution is 2.16. The largest absolute Gasteiger partial charge is 0.481 e. The molecule has 0 aromatic heterocycles. The van der Waals surface area contributed by atoms with Gasteiger partial charge in [0.05, 0.1) is 6.42 Å². The Morgan fingerprint density at radius 3 is 2.17 bits per heavy atom. The molecule has 6 nitrogen and oxygen atoms in total. The highest BCUT2D eigenvalue weighted by Gasteiger charge is 2.32. The molecule has 0 rings (SSSR count). The van der Waals surface area contributed by atoms with Gasteiger partial charge in [0.1, 0.15) is 6.54 Å². The predicted octanol–water partition coefficient (Wildman–Crippen LogP) is 0.972. The van der Waals surface area contributed by atoms with Gasteiger partial charge in [-0.25, -0.2) is 4.79 Å². The van der Waals surface area contributed by atoms with Crippen LogP contribution in [0.2, 0.25) is 0 Å². The second-order valence-electron chi connectivity index (χ2n) is 3.38. The number of carboxylic acid groups (broad SMARTS) is 1. The Morgan fingerprint density at radius 2 is 1.78 bits per heavy atom. The van der Waals surface area contributed by atoms with Gasteiger partial charge in [-0.3, -0.25) is 14.9 Å². The van der Waals surface area contributed by atoms with Crippen molar-refractivity contribution in [1.82, 2.24) is 10.2 Å². The number of hydrogen-bond donors (Lipinski definition) is 2. The molecule has 0 unspecified atom stereocenters. The maximum absolute atomic E-state index is 12.1. The van der Waals surface area contributed by atoms with Crippen molar-refractivity contribution in [3.63, 3.8) is 0 Å². The fourth-order valence-corrected chi connectivity index (χ4v) is 1.02. The van der Waals surface area contributed by atoms with Crippen LogP contribution in [-0.2, 0) is 9.59 Å². The minimum Gasteiger partial charge on any atom is -0.481 e. The SMILES string of the molecule is CCN(CC(F)(F)F)C(=O)NC(=O)CCC(=O)O. The van der Waals surface area contributed by atoms with E-state index in [0.29, 0.717) is 4.90 Å². The molecule has 0 heterocycles. The van der Waals surface area contributed by atoms with Gasteiger partial charge in [0.25, 0.3) is 0 Å². The molecule has 104 valence electrons. The predicted molar refractivity (Wildman–Crippen MR) is 53.7 cm³/mol. The lowest BCUT2D eigenvalue weighted by Crippen LogP contribution is -2.46. The highest BCUT2D eigenvalue weighted by molar-refractivity contribution is 5.95. The van der Waals surface area contributed by atoms with E-state index in [-0.39, 0.29) is 6.54 Å². The molecule has 0 aliphatic carbocycles. The monoisotopic (exact) mass is 270 g/mol. The molecule has 2 N–H and O–H groups in total. The number of halogens is 3. The molecule has 0 spiro atoms. The molecule has 0 aromatic rings. The van der Waals surface area contributed by atoms with Crippen LogP contribution >= 0.6 is 0 Å². The Kier molecular flexibility index (Phi) is 6.14. The maximum Gasteiger partial charge on any atom is 0.406 e. The van der Waals surface area contributed by atoms with Gasteiger partial charge in [-0.2, -0.15) is 13.2 Å². The standard InChI is InChI=1S/C9H13F3N2O4/c1-2-14(5-9(10,11)12)8(18)13-6(15)3-4-7(16)17/h2-5H2,1H3,(H,16,17)(H,13,15,18). The molecule has 3 amide bonds. The summed E-state index contributed by atoms with van der Waals surface area (Å²) in [5, 5.41) is 9.97. The van der Waals surface area contributed by atoms with Crippen LogP contribution in [-0.4, -0.2) is 47.2 Å². The van der Waals surface area contributed by atoms with E-state index < -0.39 is 43.5 Å². The normalized spacial score (nSPS) is 10.9. The molecule has 0 saturated carbocycles. The number of amides is 3. The minimum absolute atomic E-state index is 0.225. The molecule has 9 heteroatoms. The van der Waals surface area contributed by atoms with Crippen LogP contribution in [0.3, 0.4) is 0 Å². The van der Waals surface area contributed by atoms with E-state index in [1.165, 1.54) is 6.92 Å². The summed E-state index contributed by atoms with van der Waals surface area (Å²) >= 11 is 0. The molecular formula is C9H13F3N2O4. The van der Waals surface area contributed by atoms with Crippen molar-refractivity contribution >= 4 is 17.9 Å². The van der Waals surface area contributed by atoms with E-state index in [4.69, 9.17) is 5.11 Å². The zero-order valence-corrected chi connectivity index (χ0v) is 9.58. The highest BCUT2D eigenvalue weighted by atomic mass is 19.4. The van der Waals surface area contributed by atoms with Gasteiger partial charge in [0, 0.05) is 13.0 Å². The van der Waals surface area contributed by atoms with Crippen LogP contribution < -0.4 is 5.32 Å². The molecule has 0 aliphatic rings. The topological polar surface area (TPSA) is 86.7 Å². The van der Waals surface area contributed by atoms with Gasteiger partial charge in [0.15, 0.2) is 0 Å². The van der Waals surface area contributed by atoms with Crippen molar-refractivity contribution in [3.05, 3.63) is 0 Å². The van der Waals surface area contributed by atoms with Crippen LogP contribution in [0.15, 0.2) is 0 Å². The van der Waals surface area contributed by atoms with Gasteiger partial charge in [-0.15, -0.1) is 0 Å². The van der Waals surface area contributed by atoms with Gasteiger partial charge >= 0.3 is 18.2 Å². The number of aliphatic carboxylic acids is 1. The van der Waals surface area contributed by atoms with E-state index in [1.807, 2.05) is 0 Å².